The Labute approximate surface area is 111 Å². The molecular formula is C17H12S. The highest BCUT2D eigenvalue weighted by Gasteiger charge is 2.15. The maximum absolute atomic E-state index is 2.34. The van der Waals surface area contributed by atoms with E-state index in [1.807, 2.05) is 11.8 Å². The highest BCUT2D eigenvalue weighted by Crippen LogP contribution is 2.40. The van der Waals surface area contributed by atoms with Crippen LogP contribution in [0, 0.1) is 0 Å². The van der Waals surface area contributed by atoms with Gasteiger partial charge in [-0.15, -0.1) is 0 Å². The molecule has 0 unspecified atom stereocenters. The zero-order valence-corrected chi connectivity index (χ0v) is 10.7. The van der Waals surface area contributed by atoms with Crippen molar-refractivity contribution >= 4 is 22.5 Å². The Morgan fingerprint density at radius 2 is 1.39 bits per heavy atom. The second-order valence-corrected chi connectivity index (χ2v) is 5.78. The fourth-order valence-corrected chi connectivity index (χ4v) is 3.68. The number of hydrogen-bond donors (Lipinski definition) is 0. The molecule has 0 fully saturated rings. The summed E-state index contributed by atoms with van der Waals surface area (Å²) >= 11 is 1.90. The van der Waals surface area contributed by atoms with Gasteiger partial charge >= 0.3 is 0 Å². The number of benzene rings is 3. The molecular weight excluding hydrogens is 236 g/mol. The summed E-state index contributed by atoms with van der Waals surface area (Å²) < 4.78 is 0. The summed E-state index contributed by atoms with van der Waals surface area (Å²) in [5.41, 5.74) is 2.91. The topological polar surface area (TPSA) is 0 Å². The Morgan fingerprint density at radius 3 is 2.28 bits per heavy atom. The highest BCUT2D eigenvalue weighted by atomic mass is 32.2. The summed E-state index contributed by atoms with van der Waals surface area (Å²) in [6.07, 6.45) is 1.06. The molecule has 86 valence electrons. The Kier molecular flexibility index (Phi) is 2.21. The van der Waals surface area contributed by atoms with Gasteiger partial charge in [-0.25, -0.2) is 0 Å². The van der Waals surface area contributed by atoms with E-state index < -0.39 is 0 Å². The third-order valence-corrected chi connectivity index (χ3v) is 4.72. The van der Waals surface area contributed by atoms with Crippen LogP contribution in [0.3, 0.4) is 0 Å². The van der Waals surface area contributed by atoms with Crippen molar-refractivity contribution in [2.45, 2.75) is 16.2 Å². The smallest absolute Gasteiger partial charge is 0.0164 e. The molecule has 1 aliphatic rings. The van der Waals surface area contributed by atoms with Gasteiger partial charge in [0.05, 0.1) is 0 Å². The zero-order valence-electron chi connectivity index (χ0n) is 9.89. The van der Waals surface area contributed by atoms with E-state index in [9.17, 15) is 0 Å². The molecule has 0 radical (unpaired) electrons. The Hall–Kier alpha value is -1.73. The fraction of sp³-hybridized carbons (Fsp3) is 0.0588. The highest BCUT2D eigenvalue weighted by molar-refractivity contribution is 7.99. The normalized spacial score (nSPS) is 13.1. The molecule has 1 aliphatic heterocycles. The Bertz CT molecular complexity index is 680. The van der Waals surface area contributed by atoms with Crippen molar-refractivity contribution in [3.8, 4) is 0 Å². The molecule has 3 aromatic rings. The lowest BCUT2D eigenvalue weighted by molar-refractivity contribution is 1.06. The van der Waals surface area contributed by atoms with Crippen molar-refractivity contribution in [2.75, 3.05) is 0 Å². The summed E-state index contributed by atoms with van der Waals surface area (Å²) in [6, 6.07) is 22.0. The SMILES string of the molecule is c1ccc2c(c1)Cc1cc3ccccc3cc1S2. The van der Waals surface area contributed by atoms with E-state index >= 15 is 0 Å². The van der Waals surface area contributed by atoms with Gasteiger partial charge in [-0.1, -0.05) is 54.2 Å². The molecule has 0 saturated carbocycles. The Balaban J connectivity index is 1.92. The van der Waals surface area contributed by atoms with Crippen LogP contribution >= 0.6 is 11.8 Å². The minimum Gasteiger partial charge on any atom is -0.0895 e. The van der Waals surface area contributed by atoms with Crippen LogP contribution in [0.25, 0.3) is 10.8 Å². The number of rotatable bonds is 0. The summed E-state index contributed by atoms with van der Waals surface area (Å²) in [5.74, 6) is 0. The zero-order chi connectivity index (χ0) is 11.9. The minimum absolute atomic E-state index is 1.06. The van der Waals surface area contributed by atoms with Gasteiger partial charge in [-0.3, -0.25) is 0 Å². The van der Waals surface area contributed by atoms with Crippen molar-refractivity contribution < 1.29 is 0 Å². The molecule has 0 nitrogen and oxygen atoms in total. The predicted molar refractivity (Wildman–Crippen MR) is 77.3 cm³/mol. The fourth-order valence-electron chi connectivity index (χ4n) is 2.57. The van der Waals surface area contributed by atoms with Crippen LogP contribution in [0.1, 0.15) is 11.1 Å². The molecule has 0 bridgehead atoms. The van der Waals surface area contributed by atoms with Crippen molar-refractivity contribution in [1.29, 1.82) is 0 Å². The molecule has 3 aromatic carbocycles. The van der Waals surface area contributed by atoms with Gasteiger partial charge in [0.15, 0.2) is 0 Å². The summed E-state index contributed by atoms with van der Waals surface area (Å²) in [5, 5.41) is 2.68. The van der Waals surface area contributed by atoms with Gasteiger partial charge < -0.3 is 0 Å². The summed E-state index contributed by atoms with van der Waals surface area (Å²) in [4.78, 5) is 2.81. The second kappa shape index (κ2) is 3.89. The van der Waals surface area contributed by atoms with Crippen molar-refractivity contribution in [1.82, 2.24) is 0 Å². The van der Waals surface area contributed by atoms with Gasteiger partial charge in [0.25, 0.3) is 0 Å². The lowest BCUT2D eigenvalue weighted by atomic mass is 10.0. The molecule has 1 heteroatoms. The standard InChI is InChI=1S/C17H12S/c1-2-6-13-11-17-15(9-12(13)5-1)10-14-7-3-4-8-16(14)18-17/h1-9,11H,10H2. The average Bonchev–Trinajstić information content (AvgIpc) is 2.42. The van der Waals surface area contributed by atoms with E-state index in [1.165, 1.54) is 31.7 Å². The monoisotopic (exact) mass is 248 g/mol. The first-order valence-corrected chi connectivity index (χ1v) is 6.99. The van der Waals surface area contributed by atoms with Gasteiger partial charge in [0, 0.05) is 9.79 Å². The molecule has 4 rings (SSSR count). The number of fused-ring (bicyclic) bond motifs is 3. The summed E-state index contributed by atoms with van der Waals surface area (Å²) in [7, 11) is 0. The van der Waals surface area contributed by atoms with E-state index in [1.54, 1.807) is 0 Å². The lowest BCUT2D eigenvalue weighted by Crippen LogP contribution is -1.99. The molecule has 0 aliphatic carbocycles. The molecule has 0 amide bonds. The van der Waals surface area contributed by atoms with Crippen LogP contribution in [0.5, 0.6) is 0 Å². The van der Waals surface area contributed by atoms with Gasteiger partial charge in [0.2, 0.25) is 0 Å². The second-order valence-electron chi connectivity index (χ2n) is 4.69. The quantitative estimate of drug-likeness (QED) is 0.426. The van der Waals surface area contributed by atoms with Crippen LogP contribution in [0.4, 0.5) is 0 Å². The first kappa shape index (κ1) is 10.2. The van der Waals surface area contributed by atoms with E-state index in [0.29, 0.717) is 0 Å². The maximum Gasteiger partial charge on any atom is 0.0164 e. The third-order valence-electron chi connectivity index (χ3n) is 3.50. The van der Waals surface area contributed by atoms with Gasteiger partial charge in [-0.05, 0) is 46.5 Å². The van der Waals surface area contributed by atoms with Crippen molar-refractivity contribution in [3.63, 3.8) is 0 Å². The minimum atomic E-state index is 1.06. The Morgan fingerprint density at radius 1 is 0.667 bits per heavy atom. The summed E-state index contributed by atoms with van der Waals surface area (Å²) in [6.45, 7) is 0. The van der Waals surface area contributed by atoms with Crippen LogP contribution in [0.15, 0.2) is 70.5 Å². The molecule has 0 saturated heterocycles. The van der Waals surface area contributed by atoms with E-state index in [-0.39, 0.29) is 0 Å². The van der Waals surface area contributed by atoms with Gasteiger partial charge in [0.1, 0.15) is 0 Å². The van der Waals surface area contributed by atoms with E-state index in [4.69, 9.17) is 0 Å². The third kappa shape index (κ3) is 1.55. The first-order valence-electron chi connectivity index (χ1n) is 6.17. The van der Waals surface area contributed by atoms with Crippen LogP contribution in [-0.4, -0.2) is 0 Å². The van der Waals surface area contributed by atoms with Crippen molar-refractivity contribution in [3.05, 3.63) is 71.8 Å². The van der Waals surface area contributed by atoms with Gasteiger partial charge in [-0.2, -0.15) is 0 Å². The molecule has 0 atom stereocenters. The molecule has 1 heterocycles. The molecule has 0 aromatic heterocycles. The first-order chi connectivity index (χ1) is 8.90. The molecule has 0 N–H and O–H groups in total. The predicted octanol–water partition coefficient (Wildman–Crippen LogP) is 4.90. The largest absolute Gasteiger partial charge is 0.0895 e. The van der Waals surface area contributed by atoms with Crippen molar-refractivity contribution in [2.24, 2.45) is 0 Å². The molecule has 0 spiro atoms. The van der Waals surface area contributed by atoms with Crippen LogP contribution in [0.2, 0.25) is 0 Å². The van der Waals surface area contributed by atoms with Crippen LogP contribution < -0.4 is 0 Å². The maximum atomic E-state index is 2.34. The number of hydrogen-bond acceptors (Lipinski definition) is 1. The average molecular weight is 248 g/mol. The lowest BCUT2D eigenvalue weighted by Gasteiger charge is -2.19. The van der Waals surface area contributed by atoms with E-state index in [2.05, 4.69) is 60.7 Å². The van der Waals surface area contributed by atoms with Crippen LogP contribution in [-0.2, 0) is 6.42 Å². The molecule has 18 heavy (non-hydrogen) atoms. The van der Waals surface area contributed by atoms with E-state index in [0.717, 1.165) is 6.42 Å².